The summed E-state index contributed by atoms with van der Waals surface area (Å²) >= 11 is 6.04. The van der Waals surface area contributed by atoms with Gasteiger partial charge in [-0.05, 0) is 80.2 Å². The Morgan fingerprint density at radius 2 is 2.00 bits per heavy atom. The van der Waals surface area contributed by atoms with Gasteiger partial charge >= 0.3 is 0 Å². The third-order valence-corrected chi connectivity index (χ3v) is 8.61. The fraction of sp³-hybridized carbons (Fsp3) is 0.478. The molecule has 3 aliphatic rings. The Kier molecular flexibility index (Phi) is 4.58. The minimum Gasteiger partial charge on any atom is -0.442 e. The molecule has 1 aromatic carbocycles. The lowest BCUT2D eigenvalue weighted by Crippen LogP contribution is -2.70. The van der Waals surface area contributed by atoms with Gasteiger partial charge in [0.25, 0.3) is 5.91 Å². The van der Waals surface area contributed by atoms with Gasteiger partial charge in [0.15, 0.2) is 22.3 Å². The number of nitrogens with two attached hydrogens (primary N) is 1. The van der Waals surface area contributed by atoms with Crippen LogP contribution in [-0.2, 0) is 10.8 Å². The summed E-state index contributed by atoms with van der Waals surface area (Å²) in [5.74, 6) is 1.93. The highest BCUT2D eigenvalue weighted by Gasteiger charge is 2.60. The van der Waals surface area contributed by atoms with E-state index in [2.05, 4.69) is 10.3 Å². The van der Waals surface area contributed by atoms with Gasteiger partial charge in [-0.25, -0.2) is 4.98 Å². The van der Waals surface area contributed by atoms with E-state index in [1.807, 2.05) is 12.1 Å². The fourth-order valence-corrected chi connectivity index (χ4v) is 6.84. The Labute approximate surface area is 192 Å². The Hall–Kier alpha value is -2.16. The lowest BCUT2D eigenvalue weighted by molar-refractivity contribution is -0.0737. The lowest BCUT2D eigenvalue weighted by atomic mass is 9.48. The molecule has 1 atom stereocenters. The van der Waals surface area contributed by atoms with Gasteiger partial charge in [-0.2, -0.15) is 0 Å². The highest BCUT2D eigenvalue weighted by molar-refractivity contribution is 7.84. The molecule has 1 amide bonds. The smallest absolute Gasteiger partial charge is 0.288 e. The number of furan rings is 1. The average molecular weight is 474 g/mol. The van der Waals surface area contributed by atoms with E-state index in [-0.39, 0.29) is 23.0 Å². The van der Waals surface area contributed by atoms with Crippen molar-refractivity contribution in [1.82, 2.24) is 10.3 Å². The number of amides is 1. The van der Waals surface area contributed by atoms with Crippen LogP contribution in [-0.4, -0.2) is 26.5 Å². The monoisotopic (exact) mass is 473 g/mol. The number of fused-ring (bicyclic) bond motifs is 1. The van der Waals surface area contributed by atoms with Crippen molar-refractivity contribution < 1.29 is 17.8 Å². The molecular formula is C23H24ClN3O4S. The van der Waals surface area contributed by atoms with E-state index in [4.69, 9.17) is 26.2 Å². The molecule has 1 spiro atoms. The number of hydrogen-bond acceptors (Lipinski definition) is 6. The summed E-state index contributed by atoms with van der Waals surface area (Å²) in [6, 6.07) is 8.65. The van der Waals surface area contributed by atoms with Crippen molar-refractivity contribution in [1.29, 1.82) is 0 Å². The van der Waals surface area contributed by atoms with E-state index in [9.17, 15) is 9.00 Å². The minimum atomic E-state index is -1.19. The third kappa shape index (κ3) is 3.68. The number of carbonyl (C=O) groups excluding carboxylic acids is 1. The molecule has 32 heavy (non-hydrogen) atoms. The molecule has 0 saturated heterocycles. The van der Waals surface area contributed by atoms with Crippen LogP contribution in [0.25, 0.3) is 11.1 Å². The second-order valence-corrected chi connectivity index (χ2v) is 11.7. The Bertz CT molecular complexity index is 1230. The number of nitrogens with zero attached hydrogens (tertiary/aromatic N) is 1. The maximum Gasteiger partial charge on any atom is 0.288 e. The van der Waals surface area contributed by atoms with E-state index in [1.54, 1.807) is 18.2 Å². The Balaban J connectivity index is 1.05. The van der Waals surface area contributed by atoms with E-state index in [0.29, 0.717) is 34.6 Å². The van der Waals surface area contributed by atoms with Gasteiger partial charge in [0.2, 0.25) is 0 Å². The summed E-state index contributed by atoms with van der Waals surface area (Å²) in [4.78, 5) is 17.2. The normalized spacial score (nSPS) is 30.1. The molecule has 3 N–H and O–H groups in total. The first-order valence-electron chi connectivity index (χ1n) is 11.0. The van der Waals surface area contributed by atoms with E-state index in [1.165, 1.54) is 0 Å². The van der Waals surface area contributed by atoms with Gasteiger partial charge in [0.1, 0.15) is 5.52 Å². The topological polar surface area (TPSA) is 111 Å². The van der Waals surface area contributed by atoms with Crippen molar-refractivity contribution in [2.24, 2.45) is 17.1 Å². The molecular weight excluding hydrogens is 450 g/mol. The summed E-state index contributed by atoms with van der Waals surface area (Å²) in [6.07, 6.45) is 5.53. The fourth-order valence-electron chi connectivity index (χ4n) is 5.35. The van der Waals surface area contributed by atoms with Crippen LogP contribution in [0, 0.1) is 11.3 Å². The molecule has 6 rings (SSSR count). The third-order valence-electron chi connectivity index (χ3n) is 6.93. The zero-order valence-electron chi connectivity index (χ0n) is 17.4. The quantitative estimate of drug-likeness (QED) is 0.515. The van der Waals surface area contributed by atoms with Crippen molar-refractivity contribution in [2.75, 3.05) is 5.75 Å². The van der Waals surface area contributed by atoms with Gasteiger partial charge < -0.3 is 19.9 Å². The minimum absolute atomic E-state index is 0.116. The van der Waals surface area contributed by atoms with Gasteiger partial charge in [0, 0.05) is 16.7 Å². The van der Waals surface area contributed by atoms with Crippen LogP contribution in [0.5, 0.6) is 0 Å². The van der Waals surface area contributed by atoms with E-state index in [0.717, 1.165) is 42.7 Å². The number of oxazole rings is 1. The van der Waals surface area contributed by atoms with Crippen molar-refractivity contribution in [2.45, 2.75) is 55.2 Å². The SMILES string of the molecule is NC1(NC(=O)c2ccc([S@](=O)CC3CC3)o2)CC2(CC(c3nc4cc(Cl)ccc4o3)C2)C1. The van der Waals surface area contributed by atoms with E-state index >= 15 is 0 Å². The number of rotatable bonds is 6. The summed E-state index contributed by atoms with van der Waals surface area (Å²) in [5.41, 5.74) is 7.33. The zero-order valence-corrected chi connectivity index (χ0v) is 19.0. The second-order valence-electron chi connectivity index (χ2n) is 9.81. The lowest BCUT2D eigenvalue weighted by Gasteiger charge is -2.61. The van der Waals surface area contributed by atoms with Crippen LogP contribution in [0.1, 0.15) is 60.9 Å². The molecule has 7 nitrogen and oxygen atoms in total. The van der Waals surface area contributed by atoms with Crippen LogP contribution in [0.15, 0.2) is 44.3 Å². The number of benzene rings is 1. The predicted molar refractivity (Wildman–Crippen MR) is 120 cm³/mol. The average Bonchev–Trinajstić information content (AvgIpc) is 3.21. The van der Waals surface area contributed by atoms with Crippen LogP contribution in [0.2, 0.25) is 5.02 Å². The number of halogens is 1. The molecule has 168 valence electrons. The molecule has 3 fully saturated rings. The first-order chi connectivity index (χ1) is 15.3. The largest absolute Gasteiger partial charge is 0.442 e. The predicted octanol–water partition coefficient (Wildman–Crippen LogP) is 4.33. The van der Waals surface area contributed by atoms with Crippen LogP contribution >= 0.6 is 11.6 Å². The molecule has 3 saturated carbocycles. The Morgan fingerprint density at radius 3 is 2.75 bits per heavy atom. The highest BCUT2D eigenvalue weighted by atomic mass is 35.5. The maximum atomic E-state index is 12.6. The second kappa shape index (κ2) is 7.17. The number of aromatic nitrogens is 1. The van der Waals surface area contributed by atoms with Crippen molar-refractivity contribution in [3.63, 3.8) is 0 Å². The summed E-state index contributed by atoms with van der Waals surface area (Å²) < 4.78 is 23.7. The van der Waals surface area contributed by atoms with Crippen LogP contribution in [0.4, 0.5) is 0 Å². The molecule has 3 aromatic rings. The Morgan fingerprint density at radius 1 is 1.22 bits per heavy atom. The zero-order chi connectivity index (χ0) is 22.1. The molecule has 0 bridgehead atoms. The molecule has 9 heteroatoms. The first kappa shape index (κ1) is 20.4. The number of nitrogens with one attached hydrogen (secondary N) is 1. The van der Waals surface area contributed by atoms with Gasteiger partial charge in [-0.3, -0.25) is 9.00 Å². The number of hydrogen-bond donors (Lipinski definition) is 2. The van der Waals surface area contributed by atoms with Gasteiger partial charge in [-0.1, -0.05) is 11.6 Å². The molecule has 0 unspecified atom stereocenters. The van der Waals surface area contributed by atoms with E-state index < -0.39 is 16.5 Å². The summed E-state index contributed by atoms with van der Waals surface area (Å²) in [6.45, 7) is 0. The van der Waals surface area contributed by atoms with Crippen molar-refractivity contribution in [3.8, 4) is 0 Å². The summed E-state index contributed by atoms with van der Waals surface area (Å²) in [5, 5.41) is 3.91. The molecule has 2 aromatic heterocycles. The molecule has 2 heterocycles. The van der Waals surface area contributed by atoms with Gasteiger partial charge in [-0.15, -0.1) is 0 Å². The highest BCUT2D eigenvalue weighted by Crippen LogP contribution is 2.64. The standard InChI is InChI=1S/C23H24ClN3O4S/c24-15-3-4-17-16(7-15)26-21(31-17)14-8-22(9-14)11-23(25,12-22)27-20(28)18-5-6-19(30-18)32(29)10-13-1-2-13/h3-7,13-14H,1-2,8-12,25H2,(H,27,28)/t14?,22?,23?,32-/m1/s1. The maximum absolute atomic E-state index is 12.6. The van der Waals surface area contributed by atoms with Crippen LogP contribution < -0.4 is 11.1 Å². The molecule has 0 radical (unpaired) electrons. The van der Waals surface area contributed by atoms with Gasteiger partial charge in [0.05, 0.1) is 16.5 Å². The number of carbonyl (C=O) groups is 1. The summed E-state index contributed by atoms with van der Waals surface area (Å²) in [7, 11) is -1.19. The molecule has 3 aliphatic carbocycles. The van der Waals surface area contributed by atoms with Crippen LogP contribution in [0.3, 0.4) is 0 Å². The first-order valence-corrected chi connectivity index (χ1v) is 12.7. The van der Waals surface area contributed by atoms with Crippen molar-refractivity contribution >= 4 is 39.4 Å². The molecule has 0 aliphatic heterocycles. The van der Waals surface area contributed by atoms with Crippen molar-refractivity contribution in [3.05, 3.63) is 47.0 Å².